The first-order valence-electron chi connectivity index (χ1n) is 24.2. The Morgan fingerprint density at radius 2 is 0.986 bits per heavy atom. The lowest BCUT2D eigenvalue weighted by atomic mass is 9.93. The Balaban J connectivity index is 0.998. The molecule has 6 nitrogen and oxygen atoms in total. The van der Waals surface area contributed by atoms with E-state index in [0.717, 1.165) is 99.8 Å². The van der Waals surface area contributed by atoms with Crippen LogP contribution in [-0.2, 0) is 0 Å². The molecule has 11 aromatic carbocycles. The zero-order valence-electron chi connectivity index (χ0n) is 38.3. The number of furan rings is 1. The van der Waals surface area contributed by atoms with Crippen molar-refractivity contribution in [1.82, 2.24) is 14.5 Å². The summed E-state index contributed by atoms with van der Waals surface area (Å²) in [5.74, 6) is 1.39. The van der Waals surface area contributed by atoms with Gasteiger partial charge in [-0.2, -0.15) is 0 Å². The third-order valence-corrected chi connectivity index (χ3v) is 14.5. The molecule has 0 bridgehead atoms. The van der Waals surface area contributed by atoms with E-state index < -0.39 is 6.17 Å². The summed E-state index contributed by atoms with van der Waals surface area (Å²) in [6.45, 7) is 0. The quantitative estimate of drug-likeness (QED) is 0.181. The highest BCUT2D eigenvalue weighted by Gasteiger charge is 2.26. The van der Waals surface area contributed by atoms with Crippen LogP contribution in [-0.4, -0.2) is 20.8 Å². The van der Waals surface area contributed by atoms with E-state index in [0.29, 0.717) is 5.84 Å². The van der Waals surface area contributed by atoms with E-state index in [1.165, 1.54) is 32.3 Å². The van der Waals surface area contributed by atoms with Gasteiger partial charge >= 0.3 is 0 Å². The van der Waals surface area contributed by atoms with Gasteiger partial charge in [-0.3, -0.25) is 0 Å². The molecule has 1 unspecified atom stereocenters. The minimum absolute atomic E-state index is 0.413. The summed E-state index contributed by atoms with van der Waals surface area (Å²) in [5, 5.41) is 15.4. The van der Waals surface area contributed by atoms with Crippen LogP contribution in [0.15, 0.2) is 251 Å². The molecule has 332 valence electrons. The van der Waals surface area contributed by atoms with Gasteiger partial charge in [0.05, 0.1) is 22.1 Å². The highest BCUT2D eigenvalue weighted by atomic mass is 16.3. The van der Waals surface area contributed by atoms with Gasteiger partial charge in [0.2, 0.25) is 0 Å². The number of para-hydroxylation sites is 3. The number of aromatic nitrogens is 2. The van der Waals surface area contributed by atoms with Gasteiger partial charge in [0.15, 0.2) is 5.84 Å². The van der Waals surface area contributed by atoms with E-state index in [9.17, 15) is 0 Å². The van der Waals surface area contributed by atoms with Crippen molar-refractivity contribution in [2.24, 2.45) is 9.98 Å². The average molecular weight is 908 g/mol. The maximum atomic E-state index is 6.74. The lowest BCUT2D eigenvalue weighted by Crippen LogP contribution is -2.33. The molecular weight excluding hydrogens is 867 g/mol. The minimum Gasteiger partial charge on any atom is -0.456 e. The van der Waals surface area contributed by atoms with Crippen molar-refractivity contribution < 1.29 is 4.42 Å². The first kappa shape index (κ1) is 39.5. The molecule has 14 aromatic rings. The number of benzene rings is 11. The molecule has 1 aliphatic rings. The number of nitrogens with one attached hydrogen (secondary N) is 1. The Labute approximate surface area is 407 Å². The van der Waals surface area contributed by atoms with Gasteiger partial charge in [-0.25, -0.2) is 9.98 Å². The van der Waals surface area contributed by atoms with Crippen molar-refractivity contribution in [3.05, 3.63) is 253 Å². The molecule has 0 saturated carbocycles. The maximum Gasteiger partial charge on any atom is 0.160 e. The molecule has 1 atom stereocenters. The van der Waals surface area contributed by atoms with Crippen LogP contribution in [0.2, 0.25) is 0 Å². The van der Waals surface area contributed by atoms with E-state index in [2.05, 4.69) is 251 Å². The van der Waals surface area contributed by atoms with Gasteiger partial charge in [-0.05, 0) is 117 Å². The molecule has 0 radical (unpaired) electrons. The molecule has 0 spiro atoms. The van der Waals surface area contributed by atoms with Gasteiger partial charge in [0.25, 0.3) is 0 Å². The summed E-state index contributed by atoms with van der Waals surface area (Å²) in [6, 6.07) is 84.6. The van der Waals surface area contributed by atoms with Crippen molar-refractivity contribution >= 4 is 98.8 Å². The molecule has 71 heavy (non-hydrogen) atoms. The van der Waals surface area contributed by atoms with Crippen LogP contribution in [0.4, 0.5) is 0 Å². The van der Waals surface area contributed by atoms with Crippen LogP contribution >= 0.6 is 0 Å². The Morgan fingerprint density at radius 3 is 1.75 bits per heavy atom. The summed E-state index contributed by atoms with van der Waals surface area (Å²) in [4.78, 5) is 11.1. The molecule has 0 amide bonds. The third kappa shape index (κ3) is 6.21. The monoisotopic (exact) mass is 907 g/mol. The number of fused-ring (bicyclic) bond motifs is 11. The SMILES string of the molecule is c1ccc(C2N=C(c3ccc(-n4c5ccccc5c5cc6ccccc6cc54)cc3-c3cccc4oc5cc6ccccc6cc5c34)N=C(c3ccc4c5ccccc5n(-c5ccccc5)c4c3)N2)cc1. The fourth-order valence-corrected chi connectivity index (χ4v) is 11.3. The van der Waals surface area contributed by atoms with E-state index in [1.807, 2.05) is 0 Å². The number of hydrogen-bond acceptors (Lipinski definition) is 4. The molecule has 0 saturated heterocycles. The van der Waals surface area contributed by atoms with Crippen LogP contribution in [0.1, 0.15) is 22.9 Å². The smallest absolute Gasteiger partial charge is 0.160 e. The summed E-state index contributed by atoms with van der Waals surface area (Å²) in [6.07, 6.45) is -0.413. The van der Waals surface area contributed by atoms with Crippen LogP contribution in [0.3, 0.4) is 0 Å². The number of nitrogens with zero attached hydrogens (tertiary/aromatic N) is 4. The van der Waals surface area contributed by atoms with Gasteiger partial charge < -0.3 is 18.9 Å². The highest BCUT2D eigenvalue weighted by molar-refractivity contribution is 6.21. The summed E-state index contributed by atoms with van der Waals surface area (Å²) in [7, 11) is 0. The summed E-state index contributed by atoms with van der Waals surface area (Å²) < 4.78 is 11.5. The van der Waals surface area contributed by atoms with E-state index >= 15 is 0 Å². The van der Waals surface area contributed by atoms with Crippen LogP contribution < -0.4 is 5.32 Å². The molecule has 4 heterocycles. The second kappa shape index (κ2) is 15.5. The molecular formula is C65H41N5O. The number of hydrogen-bond donors (Lipinski definition) is 1. The van der Waals surface area contributed by atoms with Crippen LogP contribution in [0.5, 0.6) is 0 Å². The normalized spacial score (nSPS) is 14.1. The minimum atomic E-state index is -0.413. The van der Waals surface area contributed by atoms with Crippen molar-refractivity contribution in [3.8, 4) is 22.5 Å². The number of rotatable bonds is 6. The first-order chi connectivity index (χ1) is 35.2. The Kier molecular flexibility index (Phi) is 8.62. The topological polar surface area (TPSA) is 59.8 Å². The van der Waals surface area contributed by atoms with Crippen LogP contribution in [0, 0.1) is 0 Å². The fraction of sp³-hybridized carbons (Fsp3) is 0.0154. The van der Waals surface area contributed by atoms with Gasteiger partial charge in [-0.1, -0.05) is 158 Å². The van der Waals surface area contributed by atoms with E-state index in [-0.39, 0.29) is 0 Å². The predicted octanol–water partition coefficient (Wildman–Crippen LogP) is 16.2. The number of aliphatic imine (C=N–C) groups is 2. The largest absolute Gasteiger partial charge is 0.456 e. The van der Waals surface area contributed by atoms with Gasteiger partial charge in [0.1, 0.15) is 23.2 Å². The Morgan fingerprint density at radius 1 is 0.380 bits per heavy atom. The van der Waals surface area contributed by atoms with Crippen LogP contribution in [0.25, 0.3) is 110 Å². The lowest BCUT2D eigenvalue weighted by molar-refractivity contribution is 0.669. The van der Waals surface area contributed by atoms with Crippen molar-refractivity contribution in [1.29, 1.82) is 0 Å². The fourth-order valence-electron chi connectivity index (χ4n) is 11.3. The van der Waals surface area contributed by atoms with E-state index in [1.54, 1.807) is 0 Å². The zero-order valence-corrected chi connectivity index (χ0v) is 38.3. The Hall–Kier alpha value is -9.52. The first-order valence-corrected chi connectivity index (χ1v) is 24.2. The number of amidine groups is 2. The van der Waals surface area contributed by atoms with E-state index in [4.69, 9.17) is 14.4 Å². The molecule has 0 aliphatic carbocycles. The summed E-state index contributed by atoms with van der Waals surface area (Å²) >= 11 is 0. The third-order valence-electron chi connectivity index (χ3n) is 14.5. The second-order valence-electron chi connectivity index (χ2n) is 18.6. The van der Waals surface area contributed by atoms with Crippen molar-refractivity contribution in [2.75, 3.05) is 0 Å². The molecule has 15 rings (SSSR count). The predicted molar refractivity (Wildman–Crippen MR) is 295 cm³/mol. The molecule has 0 fully saturated rings. The summed E-state index contributed by atoms with van der Waals surface area (Å²) in [5.41, 5.74) is 13.4. The maximum absolute atomic E-state index is 6.74. The molecule has 1 N–H and O–H groups in total. The van der Waals surface area contributed by atoms with Crippen molar-refractivity contribution in [2.45, 2.75) is 6.17 Å². The second-order valence-corrected chi connectivity index (χ2v) is 18.6. The lowest BCUT2D eigenvalue weighted by Gasteiger charge is -2.25. The molecule has 1 aliphatic heterocycles. The Bertz CT molecular complexity index is 4560. The highest BCUT2D eigenvalue weighted by Crippen LogP contribution is 2.43. The standard InChI is InChI=1S/C65H41N5O/c1-3-16-40(17-4-1)63-66-64(45-30-32-50-48-24-11-13-27-56(48)69(58(50)37-45)46-22-5-2-6-23-46)68-65(67-63)52-33-31-47(70-57-28-14-12-25-49(57)54-34-41-18-7-9-20-43(41)36-59(54)70)39-53(52)51-26-15-29-60-62(51)55-35-42-19-8-10-21-44(42)38-61(55)71-60/h1-39,63H,(H,66,67,68). The van der Waals surface area contributed by atoms with Crippen molar-refractivity contribution in [3.63, 3.8) is 0 Å². The average Bonchev–Trinajstić information content (AvgIpc) is 4.09. The molecule has 6 heteroatoms. The van der Waals surface area contributed by atoms with Gasteiger partial charge in [-0.15, -0.1) is 0 Å². The van der Waals surface area contributed by atoms with Gasteiger partial charge in [0, 0.05) is 54.8 Å². The molecule has 3 aromatic heterocycles. The zero-order chi connectivity index (χ0) is 46.6.